The van der Waals surface area contributed by atoms with E-state index >= 15 is 0 Å². The predicted octanol–water partition coefficient (Wildman–Crippen LogP) is 8.69. The van der Waals surface area contributed by atoms with Crippen LogP contribution < -0.4 is 4.74 Å². The first-order valence-electron chi connectivity index (χ1n) is 14.0. The highest BCUT2D eigenvalue weighted by Gasteiger charge is 2.43. The summed E-state index contributed by atoms with van der Waals surface area (Å²) in [5, 5.41) is 0. The molecule has 236 valence electrons. The van der Waals surface area contributed by atoms with Crippen molar-refractivity contribution in [2.45, 2.75) is 70.8 Å². The molecule has 0 saturated carbocycles. The van der Waals surface area contributed by atoms with Gasteiger partial charge in [0, 0.05) is 24.7 Å². The van der Waals surface area contributed by atoms with Gasteiger partial charge in [-0.15, -0.1) is 0 Å². The first-order chi connectivity index (χ1) is 20.5. The lowest BCUT2D eigenvalue weighted by molar-refractivity contribution is -0.143. The van der Waals surface area contributed by atoms with E-state index in [4.69, 9.17) is 9.47 Å². The van der Waals surface area contributed by atoms with Crippen LogP contribution in [0.4, 0.5) is 35.5 Å². The third kappa shape index (κ3) is 5.96. The molecule has 12 heteroatoms. The van der Waals surface area contributed by atoms with Gasteiger partial charge in [0.25, 0.3) is 0 Å². The molecule has 1 saturated heterocycles. The number of fused-ring (bicyclic) bond motifs is 1. The summed E-state index contributed by atoms with van der Waals surface area (Å²) < 4.78 is 107. The Morgan fingerprint density at radius 1 is 0.909 bits per heavy atom. The number of methoxy groups -OCH3 is 1. The van der Waals surface area contributed by atoms with Crippen LogP contribution in [0.1, 0.15) is 71.7 Å². The molecule has 2 heterocycles. The first kappa shape index (κ1) is 31.6. The van der Waals surface area contributed by atoms with Crippen molar-refractivity contribution in [2.75, 3.05) is 14.2 Å². The number of cyclic esters (lactones) is 1. The van der Waals surface area contributed by atoms with E-state index in [-0.39, 0.29) is 24.3 Å². The van der Waals surface area contributed by atoms with Gasteiger partial charge in [-0.05, 0) is 83.6 Å². The average molecular weight is 625 g/mol. The molecule has 44 heavy (non-hydrogen) atoms. The summed E-state index contributed by atoms with van der Waals surface area (Å²) in [5.41, 5.74) is 1.01. The molecular formula is C32H31F7N2O3. The molecule has 0 aliphatic carbocycles. The van der Waals surface area contributed by atoms with Gasteiger partial charge in [0.15, 0.2) is 0 Å². The number of benzene rings is 3. The fourth-order valence-corrected chi connectivity index (χ4v) is 5.93. The number of rotatable bonds is 6. The van der Waals surface area contributed by atoms with Crippen molar-refractivity contribution in [3.63, 3.8) is 0 Å². The number of halogens is 7. The normalized spacial score (nSPS) is 19.1. The highest BCUT2D eigenvalue weighted by molar-refractivity contribution is 5.77. The third-order valence-electron chi connectivity index (χ3n) is 8.21. The van der Waals surface area contributed by atoms with Gasteiger partial charge in [-0.1, -0.05) is 19.9 Å². The molecule has 2 aliphatic rings. The predicted molar refractivity (Wildman–Crippen MR) is 148 cm³/mol. The maximum Gasteiger partial charge on any atom is 0.416 e. The molecule has 3 aromatic carbocycles. The SMILES string of the molecule is COc1cc(F)c(C(C)C)cc1-c1cc2c(cc1CN1C(=O)O[C@H](c3cc(C(F)(F)F)cc(C(F)(F)F)c3)[C@@H]1C)CN(C)C2. The molecule has 1 fully saturated rings. The Kier molecular flexibility index (Phi) is 8.11. The molecule has 0 unspecified atom stereocenters. The summed E-state index contributed by atoms with van der Waals surface area (Å²) >= 11 is 0. The van der Waals surface area contributed by atoms with Gasteiger partial charge in [-0.25, -0.2) is 9.18 Å². The molecule has 2 atom stereocenters. The summed E-state index contributed by atoms with van der Waals surface area (Å²) in [4.78, 5) is 16.5. The summed E-state index contributed by atoms with van der Waals surface area (Å²) in [7, 11) is 3.37. The van der Waals surface area contributed by atoms with Crippen molar-refractivity contribution >= 4 is 6.09 Å². The molecule has 0 radical (unpaired) electrons. The lowest BCUT2D eigenvalue weighted by atomic mass is 9.90. The number of carbonyl (C=O) groups is 1. The molecule has 1 amide bonds. The second-order valence-corrected chi connectivity index (χ2v) is 11.7. The second-order valence-electron chi connectivity index (χ2n) is 11.7. The van der Waals surface area contributed by atoms with Crippen molar-refractivity contribution in [1.29, 1.82) is 0 Å². The number of ether oxygens (including phenoxy) is 2. The number of amides is 1. The Morgan fingerprint density at radius 2 is 1.50 bits per heavy atom. The Hall–Kier alpha value is -3.80. The van der Waals surface area contributed by atoms with Crippen molar-refractivity contribution in [3.05, 3.63) is 87.2 Å². The van der Waals surface area contributed by atoms with Crippen LogP contribution in [0.15, 0.2) is 42.5 Å². The molecule has 0 aromatic heterocycles. The monoisotopic (exact) mass is 624 g/mol. The molecule has 0 N–H and O–H groups in total. The van der Waals surface area contributed by atoms with E-state index < -0.39 is 53.1 Å². The number of hydrogen-bond donors (Lipinski definition) is 0. The third-order valence-corrected chi connectivity index (χ3v) is 8.21. The topological polar surface area (TPSA) is 42.0 Å². The fourth-order valence-electron chi connectivity index (χ4n) is 5.93. The summed E-state index contributed by atoms with van der Waals surface area (Å²) in [5.74, 6) is -0.299. The van der Waals surface area contributed by atoms with Gasteiger partial charge in [0.1, 0.15) is 17.7 Å². The molecular weight excluding hydrogens is 593 g/mol. The Morgan fingerprint density at radius 3 is 2.05 bits per heavy atom. The molecule has 2 aliphatic heterocycles. The number of alkyl halides is 6. The second kappa shape index (κ2) is 11.3. The summed E-state index contributed by atoms with van der Waals surface area (Å²) in [6, 6.07) is 7.18. The standard InChI is InChI=1S/C32H31F7N2O3/c1-16(2)24-11-26(28(43-5)12-27(24)33)25-9-20-14-40(4)13-19(20)6-21(25)15-41-17(3)29(44-30(41)42)18-7-22(31(34,35)36)10-23(8-18)32(37,38)39/h6-12,16-17,29H,13-15H2,1-5H3/t17-,29-/m0/s1. The van der Waals surface area contributed by atoms with Gasteiger partial charge in [-0.2, -0.15) is 26.3 Å². The minimum Gasteiger partial charge on any atom is -0.496 e. The van der Waals surface area contributed by atoms with Crippen LogP contribution in [0.25, 0.3) is 11.1 Å². The molecule has 5 rings (SSSR count). The Bertz CT molecular complexity index is 1570. The highest BCUT2D eigenvalue weighted by atomic mass is 19.4. The van der Waals surface area contributed by atoms with Crippen LogP contribution in [0.2, 0.25) is 0 Å². The zero-order valence-electron chi connectivity index (χ0n) is 24.7. The van der Waals surface area contributed by atoms with Gasteiger partial charge >= 0.3 is 18.4 Å². The smallest absolute Gasteiger partial charge is 0.416 e. The lowest BCUT2D eigenvalue weighted by Crippen LogP contribution is -2.31. The van der Waals surface area contributed by atoms with Crippen LogP contribution in [0.5, 0.6) is 5.75 Å². The van der Waals surface area contributed by atoms with Crippen molar-refractivity contribution in [2.24, 2.45) is 0 Å². The quantitative estimate of drug-likeness (QED) is 0.258. The average Bonchev–Trinajstić information content (AvgIpc) is 3.43. The maximum atomic E-state index is 14.9. The van der Waals surface area contributed by atoms with Crippen molar-refractivity contribution < 1.29 is 45.0 Å². The van der Waals surface area contributed by atoms with E-state index in [0.29, 0.717) is 47.5 Å². The first-order valence-corrected chi connectivity index (χ1v) is 14.0. The van der Waals surface area contributed by atoms with Crippen LogP contribution in [-0.2, 0) is 36.7 Å². The Balaban J connectivity index is 1.58. The summed E-state index contributed by atoms with van der Waals surface area (Å²) in [6.07, 6.45) is -12.4. The maximum absolute atomic E-state index is 14.9. The zero-order chi connectivity index (χ0) is 32.3. The Labute approximate surface area is 250 Å². The minimum absolute atomic E-state index is 0.0397. The van der Waals surface area contributed by atoms with Gasteiger partial charge in [0.2, 0.25) is 0 Å². The fraction of sp³-hybridized carbons (Fsp3) is 0.406. The van der Waals surface area contributed by atoms with Crippen molar-refractivity contribution in [1.82, 2.24) is 9.80 Å². The van der Waals surface area contributed by atoms with Gasteiger partial charge in [-0.3, -0.25) is 9.80 Å². The van der Waals surface area contributed by atoms with E-state index in [1.165, 1.54) is 25.0 Å². The molecule has 5 nitrogen and oxygen atoms in total. The lowest BCUT2D eigenvalue weighted by Gasteiger charge is -2.24. The molecule has 3 aromatic rings. The zero-order valence-corrected chi connectivity index (χ0v) is 24.7. The van der Waals surface area contributed by atoms with Gasteiger partial charge in [0.05, 0.1) is 30.8 Å². The number of carbonyl (C=O) groups excluding carboxylic acids is 1. The highest BCUT2D eigenvalue weighted by Crippen LogP contribution is 2.43. The van der Waals surface area contributed by atoms with E-state index in [0.717, 1.165) is 11.1 Å². The van der Waals surface area contributed by atoms with Crippen molar-refractivity contribution in [3.8, 4) is 16.9 Å². The van der Waals surface area contributed by atoms with E-state index in [1.54, 1.807) is 6.07 Å². The van der Waals surface area contributed by atoms with Crippen LogP contribution in [-0.4, -0.2) is 36.1 Å². The van der Waals surface area contributed by atoms with E-state index in [9.17, 15) is 35.5 Å². The minimum atomic E-state index is -5.04. The number of nitrogens with zero attached hydrogens (tertiary/aromatic N) is 2. The van der Waals surface area contributed by atoms with Crippen LogP contribution in [0.3, 0.4) is 0 Å². The number of hydrogen-bond acceptors (Lipinski definition) is 4. The van der Waals surface area contributed by atoms with Crippen LogP contribution in [0, 0.1) is 5.82 Å². The largest absolute Gasteiger partial charge is 0.496 e. The van der Waals surface area contributed by atoms with Crippen LogP contribution >= 0.6 is 0 Å². The molecule has 0 spiro atoms. The summed E-state index contributed by atoms with van der Waals surface area (Å²) in [6.45, 7) is 6.45. The molecule has 0 bridgehead atoms. The van der Waals surface area contributed by atoms with E-state index in [2.05, 4.69) is 4.90 Å². The van der Waals surface area contributed by atoms with E-state index in [1.807, 2.05) is 33.0 Å². The van der Waals surface area contributed by atoms with Gasteiger partial charge < -0.3 is 9.47 Å².